The van der Waals surface area contributed by atoms with Crippen molar-refractivity contribution < 1.29 is 9.90 Å². The van der Waals surface area contributed by atoms with Gasteiger partial charge in [-0.25, -0.2) is 0 Å². The minimum absolute atomic E-state index is 0.0156. The van der Waals surface area contributed by atoms with Crippen molar-refractivity contribution in [2.75, 3.05) is 13.2 Å². The Bertz CT molecular complexity index is 195. The summed E-state index contributed by atoms with van der Waals surface area (Å²) < 4.78 is 0. The molecule has 0 unspecified atom stereocenters. The number of rotatable bonds is 6. The van der Waals surface area contributed by atoms with Crippen LogP contribution in [0.15, 0.2) is 0 Å². The van der Waals surface area contributed by atoms with Crippen molar-refractivity contribution in [2.45, 2.75) is 52.1 Å². The highest BCUT2D eigenvalue weighted by molar-refractivity contribution is 5.85. The summed E-state index contributed by atoms with van der Waals surface area (Å²) in [5.74, 6) is -0.0924. The van der Waals surface area contributed by atoms with Gasteiger partial charge in [0.25, 0.3) is 0 Å². The predicted molar refractivity (Wildman–Crippen MR) is 61.4 cm³/mol. The van der Waals surface area contributed by atoms with Crippen molar-refractivity contribution in [2.24, 2.45) is 5.73 Å². The minimum atomic E-state index is -0.863. The van der Waals surface area contributed by atoms with Gasteiger partial charge < -0.3 is 15.7 Å². The first-order valence-corrected chi connectivity index (χ1v) is 5.59. The van der Waals surface area contributed by atoms with Crippen LogP contribution in [0.1, 0.15) is 40.5 Å². The minimum Gasteiger partial charge on any atom is -0.395 e. The Kier molecular flexibility index (Phi) is 5.83. The molecular formula is C11H24N2O2. The van der Waals surface area contributed by atoms with Crippen LogP contribution >= 0.6 is 0 Å². The van der Waals surface area contributed by atoms with Gasteiger partial charge in [0.15, 0.2) is 0 Å². The lowest BCUT2D eigenvalue weighted by atomic mass is 10.0. The number of hydrogen-bond donors (Lipinski definition) is 2. The van der Waals surface area contributed by atoms with E-state index in [2.05, 4.69) is 0 Å². The molecular weight excluding hydrogens is 192 g/mol. The van der Waals surface area contributed by atoms with Crippen LogP contribution in [0.5, 0.6) is 0 Å². The quantitative estimate of drug-likeness (QED) is 0.688. The summed E-state index contributed by atoms with van der Waals surface area (Å²) >= 11 is 0. The average Bonchev–Trinajstić information content (AvgIpc) is 2.16. The summed E-state index contributed by atoms with van der Waals surface area (Å²) in [4.78, 5) is 13.7. The number of carbonyl (C=O) groups excluding carboxylic acids is 1. The first-order chi connectivity index (χ1) is 6.88. The summed E-state index contributed by atoms with van der Waals surface area (Å²) in [5, 5.41) is 8.96. The van der Waals surface area contributed by atoms with Gasteiger partial charge in [-0.3, -0.25) is 4.79 Å². The zero-order chi connectivity index (χ0) is 12.1. The zero-order valence-electron chi connectivity index (χ0n) is 10.3. The molecule has 0 bridgehead atoms. The van der Waals surface area contributed by atoms with E-state index in [0.717, 1.165) is 12.8 Å². The molecule has 0 atom stereocenters. The molecule has 0 aliphatic carbocycles. The van der Waals surface area contributed by atoms with E-state index in [-0.39, 0.29) is 18.6 Å². The van der Waals surface area contributed by atoms with Crippen LogP contribution in [-0.2, 0) is 4.79 Å². The number of nitrogens with two attached hydrogens (primary N) is 1. The van der Waals surface area contributed by atoms with Crippen molar-refractivity contribution in [3.63, 3.8) is 0 Å². The summed E-state index contributed by atoms with van der Waals surface area (Å²) in [7, 11) is 0. The third-order valence-electron chi connectivity index (χ3n) is 2.54. The van der Waals surface area contributed by atoms with Gasteiger partial charge in [-0.05, 0) is 26.7 Å². The molecule has 1 amide bonds. The van der Waals surface area contributed by atoms with E-state index >= 15 is 0 Å². The summed E-state index contributed by atoms with van der Waals surface area (Å²) in [6, 6.07) is 0.174. The van der Waals surface area contributed by atoms with Gasteiger partial charge in [0, 0.05) is 12.6 Å². The molecule has 0 radical (unpaired) electrons. The molecule has 0 aliphatic heterocycles. The molecule has 90 valence electrons. The van der Waals surface area contributed by atoms with Gasteiger partial charge in [0.1, 0.15) is 0 Å². The molecule has 0 spiro atoms. The highest BCUT2D eigenvalue weighted by atomic mass is 16.3. The normalized spacial score (nSPS) is 11.9. The van der Waals surface area contributed by atoms with Crippen molar-refractivity contribution >= 4 is 5.91 Å². The predicted octanol–water partition coefficient (Wildman–Crippen LogP) is 0.733. The highest BCUT2D eigenvalue weighted by Gasteiger charge is 2.30. The van der Waals surface area contributed by atoms with Gasteiger partial charge in [-0.1, -0.05) is 13.8 Å². The maximum Gasteiger partial charge on any atom is 0.242 e. The largest absolute Gasteiger partial charge is 0.395 e. The third kappa shape index (κ3) is 4.18. The number of carbonyl (C=O) groups is 1. The smallest absolute Gasteiger partial charge is 0.242 e. The molecule has 0 fully saturated rings. The molecule has 0 aromatic heterocycles. The Labute approximate surface area is 92.4 Å². The maximum absolute atomic E-state index is 12.0. The lowest BCUT2D eigenvalue weighted by molar-refractivity contribution is -0.139. The molecule has 0 rings (SSSR count). The molecule has 3 N–H and O–H groups in total. The fourth-order valence-electron chi connectivity index (χ4n) is 1.66. The highest BCUT2D eigenvalue weighted by Crippen LogP contribution is 2.13. The van der Waals surface area contributed by atoms with Crippen molar-refractivity contribution in [3.05, 3.63) is 0 Å². The fourth-order valence-corrected chi connectivity index (χ4v) is 1.66. The van der Waals surface area contributed by atoms with Gasteiger partial charge in [0.05, 0.1) is 12.1 Å². The average molecular weight is 216 g/mol. The van der Waals surface area contributed by atoms with Crippen molar-refractivity contribution in [3.8, 4) is 0 Å². The maximum atomic E-state index is 12.0. The van der Waals surface area contributed by atoms with Crippen LogP contribution in [0, 0.1) is 0 Å². The molecule has 0 heterocycles. The van der Waals surface area contributed by atoms with E-state index in [1.807, 2.05) is 13.8 Å². The number of nitrogens with zero attached hydrogens (tertiary/aromatic N) is 1. The molecule has 4 heteroatoms. The van der Waals surface area contributed by atoms with Gasteiger partial charge >= 0.3 is 0 Å². The van der Waals surface area contributed by atoms with Crippen LogP contribution in [-0.4, -0.2) is 40.6 Å². The summed E-state index contributed by atoms with van der Waals surface area (Å²) in [6.45, 7) is 7.82. The molecule has 0 saturated carbocycles. The Morgan fingerprint density at radius 1 is 1.40 bits per heavy atom. The van der Waals surface area contributed by atoms with E-state index in [1.54, 1.807) is 18.7 Å². The topological polar surface area (TPSA) is 66.6 Å². The molecule has 0 aliphatic rings. The standard InChI is InChI=1S/C11H24N2O2/c1-5-9(6-2)13(7-8-14)10(15)11(3,4)12/h9,14H,5-8,12H2,1-4H3. The van der Waals surface area contributed by atoms with E-state index in [0.29, 0.717) is 6.54 Å². The second kappa shape index (κ2) is 6.08. The Balaban J connectivity index is 4.71. The molecule has 4 nitrogen and oxygen atoms in total. The second-order valence-electron chi connectivity index (χ2n) is 4.41. The Morgan fingerprint density at radius 2 is 1.87 bits per heavy atom. The first kappa shape index (κ1) is 14.4. The van der Waals surface area contributed by atoms with E-state index < -0.39 is 5.54 Å². The number of aliphatic hydroxyl groups excluding tert-OH is 1. The number of aliphatic hydroxyl groups is 1. The van der Waals surface area contributed by atoms with Gasteiger partial charge in [-0.2, -0.15) is 0 Å². The van der Waals surface area contributed by atoms with Crippen LogP contribution < -0.4 is 5.73 Å². The fraction of sp³-hybridized carbons (Fsp3) is 0.909. The lowest BCUT2D eigenvalue weighted by Gasteiger charge is -2.34. The van der Waals surface area contributed by atoms with E-state index in [1.165, 1.54) is 0 Å². The SMILES string of the molecule is CCC(CC)N(CCO)C(=O)C(C)(C)N. The molecule has 0 aromatic rings. The third-order valence-corrected chi connectivity index (χ3v) is 2.54. The Morgan fingerprint density at radius 3 is 2.13 bits per heavy atom. The second-order valence-corrected chi connectivity index (χ2v) is 4.41. The van der Waals surface area contributed by atoms with E-state index in [4.69, 9.17) is 10.8 Å². The van der Waals surface area contributed by atoms with Crippen molar-refractivity contribution in [1.82, 2.24) is 4.90 Å². The summed E-state index contributed by atoms with van der Waals surface area (Å²) in [5.41, 5.74) is 4.92. The van der Waals surface area contributed by atoms with Crippen LogP contribution in [0.3, 0.4) is 0 Å². The van der Waals surface area contributed by atoms with Crippen molar-refractivity contribution in [1.29, 1.82) is 0 Å². The van der Waals surface area contributed by atoms with Crippen LogP contribution in [0.4, 0.5) is 0 Å². The van der Waals surface area contributed by atoms with Crippen LogP contribution in [0.25, 0.3) is 0 Å². The zero-order valence-corrected chi connectivity index (χ0v) is 10.3. The molecule has 0 saturated heterocycles. The Hall–Kier alpha value is -0.610. The number of amides is 1. The first-order valence-electron chi connectivity index (χ1n) is 5.59. The van der Waals surface area contributed by atoms with Crippen LogP contribution in [0.2, 0.25) is 0 Å². The summed E-state index contributed by atoms with van der Waals surface area (Å²) in [6.07, 6.45) is 1.77. The van der Waals surface area contributed by atoms with Gasteiger partial charge in [-0.15, -0.1) is 0 Å². The monoisotopic (exact) mass is 216 g/mol. The van der Waals surface area contributed by atoms with Gasteiger partial charge in [0.2, 0.25) is 5.91 Å². The molecule has 0 aromatic carbocycles. The van der Waals surface area contributed by atoms with E-state index in [9.17, 15) is 4.79 Å². The molecule has 15 heavy (non-hydrogen) atoms. The lowest BCUT2D eigenvalue weighted by Crippen LogP contribution is -2.54. The number of hydrogen-bond acceptors (Lipinski definition) is 3.